The van der Waals surface area contributed by atoms with Crippen molar-refractivity contribution in [3.63, 3.8) is 0 Å². The summed E-state index contributed by atoms with van der Waals surface area (Å²) in [5.74, 6) is 0. The van der Waals surface area contributed by atoms with Crippen LogP contribution in [0.2, 0.25) is 0 Å². The lowest BCUT2D eigenvalue weighted by Crippen LogP contribution is -2.53. The molecule has 0 saturated carbocycles. The van der Waals surface area contributed by atoms with Crippen LogP contribution in [0.25, 0.3) is 0 Å². The van der Waals surface area contributed by atoms with Crippen LogP contribution in [0.5, 0.6) is 0 Å². The van der Waals surface area contributed by atoms with E-state index >= 15 is 0 Å². The molecule has 0 spiro atoms. The Balaban J connectivity index is 1.95. The minimum absolute atomic E-state index is 0.272. The first-order valence-electron chi connectivity index (χ1n) is 7.45. The first kappa shape index (κ1) is 13.3. The minimum atomic E-state index is 0.272. The number of likely N-dealkylation sites (tertiary alicyclic amines) is 2. The van der Waals surface area contributed by atoms with E-state index in [0.29, 0.717) is 0 Å². The van der Waals surface area contributed by atoms with Crippen molar-refractivity contribution in [1.82, 2.24) is 9.80 Å². The molecule has 3 heteroatoms. The van der Waals surface area contributed by atoms with Crippen molar-refractivity contribution in [2.24, 2.45) is 5.73 Å². The highest BCUT2D eigenvalue weighted by Gasteiger charge is 2.38. The summed E-state index contributed by atoms with van der Waals surface area (Å²) in [7, 11) is 0. The van der Waals surface area contributed by atoms with Crippen molar-refractivity contribution in [2.75, 3.05) is 32.7 Å². The zero-order valence-corrected chi connectivity index (χ0v) is 11.6. The van der Waals surface area contributed by atoms with Gasteiger partial charge in [-0.1, -0.05) is 13.8 Å². The van der Waals surface area contributed by atoms with Crippen molar-refractivity contribution >= 4 is 0 Å². The second-order valence-electron chi connectivity index (χ2n) is 5.77. The Morgan fingerprint density at radius 3 is 2.29 bits per heavy atom. The molecule has 2 aliphatic rings. The molecule has 17 heavy (non-hydrogen) atoms. The zero-order chi connectivity index (χ0) is 12.3. The third-order valence-corrected chi connectivity index (χ3v) is 5.19. The highest BCUT2D eigenvalue weighted by atomic mass is 15.3. The number of hydrogen-bond acceptors (Lipinski definition) is 3. The molecule has 0 radical (unpaired) electrons. The monoisotopic (exact) mass is 239 g/mol. The van der Waals surface area contributed by atoms with Crippen molar-refractivity contribution in [3.05, 3.63) is 0 Å². The van der Waals surface area contributed by atoms with Gasteiger partial charge in [-0.05, 0) is 45.2 Å². The van der Waals surface area contributed by atoms with Gasteiger partial charge in [0, 0.05) is 31.2 Å². The summed E-state index contributed by atoms with van der Waals surface area (Å²) in [4.78, 5) is 5.38. The van der Waals surface area contributed by atoms with Gasteiger partial charge in [-0.2, -0.15) is 0 Å². The molecular formula is C14H29N3. The predicted molar refractivity (Wildman–Crippen MR) is 73.2 cm³/mol. The van der Waals surface area contributed by atoms with Crippen LogP contribution in [0.4, 0.5) is 0 Å². The van der Waals surface area contributed by atoms with Gasteiger partial charge < -0.3 is 5.73 Å². The third-order valence-electron chi connectivity index (χ3n) is 5.19. The summed E-state index contributed by atoms with van der Waals surface area (Å²) in [6.45, 7) is 10.5. The van der Waals surface area contributed by atoms with E-state index in [0.717, 1.165) is 12.6 Å². The van der Waals surface area contributed by atoms with E-state index < -0.39 is 0 Å². The second-order valence-corrected chi connectivity index (χ2v) is 5.77. The Hall–Kier alpha value is -0.120. The average molecular weight is 239 g/mol. The molecule has 1 atom stereocenters. The predicted octanol–water partition coefficient (Wildman–Crippen LogP) is 1.67. The van der Waals surface area contributed by atoms with Gasteiger partial charge in [0.05, 0.1) is 0 Å². The summed E-state index contributed by atoms with van der Waals surface area (Å²) >= 11 is 0. The fourth-order valence-electron chi connectivity index (χ4n) is 3.69. The van der Waals surface area contributed by atoms with Gasteiger partial charge >= 0.3 is 0 Å². The van der Waals surface area contributed by atoms with Gasteiger partial charge in [0.15, 0.2) is 0 Å². The molecule has 2 heterocycles. The number of nitrogens with two attached hydrogens (primary N) is 1. The van der Waals surface area contributed by atoms with Crippen LogP contribution in [0.15, 0.2) is 0 Å². The molecule has 0 bridgehead atoms. The Kier molecular flexibility index (Phi) is 4.45. The van der Waals surface area contributed by atoms with E-state index in [2.05, 4.69) is 23.6 Å². The van der Waals surface area contributed by atoms with Crippen LogP contribution in [0, 0.1) is 0 Å². The highest BCUT2D eigenvalue weighted by molar-refractivity contribution is 4.96. The van der Waals surface area contributed by atoms with Gasteiger partial charge in [-0.15, -0.1) is 0 Å². The third kappa shape index (κ3) is 2.51. The first-order valence-corrected chi connectivity index (χ1v) is 7.45. The average Bonchev–Trinajstić information content (AvgIpc) is 3.03. The van der Waals surface area contributed by atoms with Gasteiger partial charge in [0.25, 0.3) is 0 Å². The minimum Gasteiger partial charge on any atom is -0.329 e. The Labute approximate surface area is 106 Å². The lowest BCUT2D eigenvalue weighted by Gasteiger charge is -2.40. The molecule has 100 valence electrons. The molecule has 0 aliphatic carbocycles. The van der Waals surface area contributed by atoms with Crippen LogP contribution >= 0.6 is 0 Å². The van der Waals surface area contributed by atoms with Crippen LogP contribution in [-0.4, -0.2) is 54.1 Å². The van der Waals surface area contributed by atoms with Crippen molar-refractivity contribution in [3.8, 4) is 0 Å². The molecule has 0 aromatic carbocycles. The Morgan fingerprint density at radius 1 is 1.12 bits per heavy atom. The van der Waals surface area contributed by atoms with E-state index in [9.17, 15) is 0 Å². The van der Waals surface area contributed by atoms with Crippen LogP contribution < -0.4 is 5.73 Å². The number of nitrogens with zero attached hydrogens (tertiary/aromatic N) is 2. The van der Waals surface area contributed by atoms with E-state index in [1.807, 2.05) is 0 Å². The summed E-state index contributed by atoms with van der Waals surface area (Å²) in [5, 5.41) is 0. The highest BCUT2D eigenvalue weighted by Crippen LogP contribution is 2.30. The molecular weight excluding hydrogens is 210 g/mol. The van der Waals surface area contributed by atoms with E-state index in [1.165, 1.54) is 58.3 Å². The number of hydrogen-bond donors (Lipinski definition) is 1. The van der Waals surface area contributed by atoms with Crippen LogP contribution in [0.1, 0.15) is 46.0 Å². The summed E-state index contributed by atoms with van der Waals surface area (Å²) < 4.78 is 0. The topological polar surface area (TPSA) is 32.5 Å². The Morgan fingerprint density at radius 2 is 1.76 bits per heavy atom. The first-order chi connectivity index (χ1) is 8.25. The maximum atomic E-state index is 6.05. The fourth-order valence-corrected chi connectivity index (χ4v) is 3.69. The van der Waals surface area contributed by atoms with Crippen LogP contribution in [-0.2, 0) is 0 Å². The molecule has 0 aromatic rings. The SMILES string of the molecule is CCC(CC)(CN)N1CCC(N2CCCC2)C1. The fraction of sp³-hybridized carbons (Fsp3) is 1.00. The maximum absolute atomic E-state index is 6.05. The standard InChI is InChI=1S/C14H29N3/c1-3-14(4-2,12-15)17-10-7-13(11-17)16-8-5-6-9-16/h13H,3-12,15H2,1-2H3. The second kappa shape index (κ2) is 5.68. The molecule has 0 aromatic heterocycles. The Bertz CT molecular complexity index is 223. The smallest absolute Gasteiger partial charge is 0.0327 e. The van der Waals surface area contributed by atoms with Crippen molar-refractivity contribution < 1.29 is 0 Å². The van der Waals surface area contributed by atoms with E-state index in [1.54, 1.807) is 0 Å². The molecule has 3 nitrogen and oxygen atoms in total. The summed E-state index contributed by atoms with van der Waals surface area (Å²) in [5.41, 5.74) is 6.32. The molecule has 2 aliphatic heterocycles. The van der Waals surface area contributed by atoms with Crippen molar-refractivity contribution in [2.45, 2.75) is 57.5 Å². The van der Waals surface area contributed by atoms with Gasteiger partial charge in [-0.25, -0.2) is 0 Å². The lowest BCUT2D eigenvalue weighted by atomic mass is 9.91. The van der Waals surface area contributed by atoms with E-state index in [-0.39, 0.29) is 5.54 Å². The quantitative estimate of drug-likeness (QED) is 0.792. The molecule has 2 N–H and O–H groups in total. The van der Waals surface area contributed by atoms with E-state index in [4.69, 9.17) is 5.73 Å². The molecule has 2 rings (SSSR count). The molecule has 1 unspecified atom stereocenters. The largest absolute Gasteiger partial charge is 0.329 e. The van der Waals surface area contributed by atoms with Crippen LogP contribution in [0.3, 0.4) is 0 Å². The maximum Gasteiger partial charge on any atom is 0.0327 e. The summed E-state index contributed by atoms with van der Waals surface area (Å²) in [6.07, 6.45) is 6.53. The molecule has 2 fully saturated rings. The normalized spacial score (nSPS) is 28.1. The van der Waals surface area contributed by atoms with Gasteiger partial charge in [0.2, 0.25) is 0 Å². The number of rotatable bonds is 5. The van der Waals surface area contributed by atoms with Gasteiger partial charge in [-0.3, -0.25) is 9.80 Å². The summed E-state index contributed by atoms with van der Waals surface area (Å²) in [6, 6.07) is 0.807. The van der Waals surface area contributed by atoms with Crippen molar-refractivity contribution in [1.29, 1.82) is 0 Å². The lowest BCUT2D eigenvalue weighted by molar-refractivity contribution is 0.102. The zero-order valence-electron chi connectivity index (χ0n) is 11.6. The molecule has 2 saturated heterocycles. The molecule has 0 amide bonds. The van der Waals surface area contributed by atoms with Gasteiger partial charge in [0.1, 0.15) is 0 Å².